The lowest BCUT2D eigenvalue weighted by Crippen LogP contribution is -2.03. The molecule has 204 valence electrons. The summed E-state index contributed by atoms with van der Waals surface area (Å²) in [5, 5.41) is 4.92. The van der Waals surface area contributed by atoms with E-state index < -0.39 is 0 Å². The number of para-hydroxylation sites is 2. The Morgan fingerprint density at radius 2 is 0.930 bits per heavy atom. The van der Waals surface area contributed by atoms with Gasteiger partial charge in [0.25, 0.3) is 0 Å². The summed E-state index contributed by atoms with van der Waals surface area (Å²) < 4.78 is 2.39. The second-order valence-corrected chi connectivity index (χ2v) is 11.1. The van der Waals surface area contributed by atoms with Gasteiger partial charge in [0.2, 0.25) is 0 Å². The number of aromatic nitrogens is 2. The van der Waals surface area contributed by atoms with Crippen molar-refractivity contribution in [1.29, 1.82) is 0 Å². The Morgan fingerprint density at radius 3 is 1.49 bits per heavy atom. The highest BCUT2D eigenvalue weighted by atomic mass is 15.1. The first-order valence-corrected chi connectivity index (χ1v) is 15.0. The molecule has 0 N–H and O–H groups in total. The number of rotatable bonds is 5. The molecule has 8 rings (SSSR count). The van der Waals surface area contributed by atoms with E-state index in [0.717, 1.165) is 23.3 Å². The van der Waals surface area contributed by atoms with Crippen LogP contribution < -0.4 is 0 Å². The van der Waals surface area contributed by atoms with E-state index in [4.69, 9.17) is 4.98 Å². The topological polar surface area (TPSA) is 17.8 Å². The minimum atomic E-state index is 0.846. The smallest absolute Gasteiger partial charge is 0.114 e. The van der Waals surface area contributed by atoms with Crippen LogP contribution in [0.25, 0.3) is 71.6 Å². The first kappa shape index (κ1) is 25.3. The first-order valence-electron chi connectivity index (χ1n) is 15.0. The molecule has 2 heteroatoms. The normalized spacial score (nSPS) is 11.5. The van der Waals surface area contributed by atoms with Crippen molar-refractivity contribution in [1.82, 2.24) is 9.55 Å². The van der Waals surface area contributed by atoms with Gasteiger partial charge in [-0.05, 0) is 74.5 Å². The summed E-state index contributed by atoms with van der Waals surface area (Å²) in [6.07, 6.45) is 0.846. The van der Waals surface area contributed by atoms with Gasteiger partial charge in [-0.15, -0.1) is 0 Å². The van der Waals surface area contributed by atoms with Crippen molar-refractivity contribution < 1.29 is 0 Å². The summed E-state index contributed by atoms with van der Waals surface area (Å²) in [6, 6.07) is 54.7. The predicted molar refractivity (Wildman–Crippen MR) is 182 cm³/mol. The van der Waals surface area contributed by atoms with Gasteiger partial charge in [0, 0.05) is 17.2 Å². The van der Waals surface area contributed by atoms with E-state index in [1.165, 1.54) is 60.6 Å². The Labute approximate surface area is 251 Å². The van der Waals surface area contributed by atoms with Crippen LogP contribution in [-0.2, 0) is 6.42 Å². The molecule has 2 nitrogen and oxygen atoms in total. The molecule has 8 aromatic rings. The van der Waals surface area contributed by atoms with Gasteiger partial charge in [0.05, 0.1) is 16.7 Å². The van der Waals surface area contributed by atoms with Crippen LogP contribution in [0.5, 0.6) is 0 Å². The first-order chi connectivity index (χ1) is 21.3. The van der Waals surface area contributed by atoms with E-state index in [1.54, 1.807) is 0 Å². The Bertz CT molecular complexity index is 2150. The fourth-order valence-corrected chi connectivity index (χ4v) is 6.59. The van der Waals surface area contributed by atoms with Crippen molar-refractivity contribution in [2.75, 3.05) is 0 Å². The van der Waals surface area contributed by atoms with Crippen molar-refractivity contribution in [2.24, 2.45) is 0 Å². The average Bonchev–Trinajstić information content (AvgIpc) is 3.46. The fraction of sp³-hybridized carbons (Fsp3) is 0.0488. The molecular formula is C41H30N2. The van der Waals surface area contributed by atoms with Crippen molar-refractivity contribution in [3.8, 4) is 39.1 Å². The maximum Gasteiger partial charge on any atom is 0.114 e. The molecule has 1 aromatic heterocycles. The zero-order valence-electron chi connectivity index (χ0n) is 24.0. The number of hydrogen-bond acceptors (Lipinski definition) is 1. The second-order valence-electron chi connectivity index (χ2n) is 11.1. The molecule has 0 spiro atoms. The monoisotopic (exact) mass is 550 g/mol. The van der Waals surface area contributed by atoms with Crippen LogP contribution in [0.1, 0.15) is 12.7 Å². The van der Waals surface area contributed by atoms with E-state index in [2.05, 4.69) is 163 Å². The Balaban J connectivity index is 1.50. The molecule has 7 aromatic carbocycles. The SMILES string of the molecule is CCc1nc2ccccc2n1-c1c2ccccc2c(-c2cc(-c3ccccc3)cc(-c3ccccc3)c2)c2ccccc12. The van der Waals surface area contributed by atoms with E-state index in [9.17, 15) is 0 Å². The second kappa shape index (κ2) is 10.4. The quantitative estimate of drug-likeness (QED) is 0.195. The number of aryl methyl sites for hydroxylation is 1. The maximum atomic E-state index is 5.06. The summed E-state index contributed by atoms with van der Waals surface area (Å²) >= 11 is 0. The Hall–Kier alpha value is -5.47. The third-order valence-corrected chi connectivity index (χ3v) is 8.51. The highest BCUT2D eigenvalue weighted by molar-refractivity contribution is 6.19. The molecule has 0 amide bonds. The zero-order valence-corrected chi connectivity index (χ0v) is 24.0. The molecular weight excluding hydrogens is 520 g/mol. The van der Waals surface area contributed by atoms with Gasteiger partial charge in [-0.1, -0.05) is 128 Å². The van der Waals surface area contributed by atoms with Crippen LogP contribution in [-0.4, -0.2) is 9.55 Å². The highest BCUT2D eigenvalue weighted by Gasteiger charge is 2.21. The minimum Gasteiger partial charge on any atom is -0.295 e. The molecule has 0 unspecified atom stereocenters. The Kier molecular flexibility index (Phi) is 6.12. The fourth-order valence-electron chi connectivity index (χ4n) is 6.59. The zero-order chi connectivity index (χ0) is 28.8. The molecule has 0 saturated carbocycles. The van der Waals surface area contributed by atoms with Gasteiger partial charge >= 0.3 is 0 Å². The molecule has 0 saturated heterocycles. The third-order valence-electron chi connectivity index (χ3n) is 8.51. The molecule has 0 aliphatic carbocycles. The standard InChI is InChI=1S/C41H30N2/c1-2-39-42-37-23-13-14-24-38(37)43(39)41-35-21-11-9-19-33(35)40(34-20-10-12-22-36(34)41)32-26-30(28-15-5-3-6-16-28)25-31(27-32)29-17-7-4-8-18-29/h3-27H,2H2,1H3. The van der Waals surface area contributed by atoms with E-state index in [1.807, 2.05) is 0 Å². The van der Waals surface area contributed by atoms with Gasteiger partial charge in [0.15, 0.2) is 0 Å². The Morgan fingerprint density at radius 1 is 0.465 bits per heavy atom. The number of fused-ring (bicyclic) bond motifs is 3. The number of imidazole rings is 1. The third kappa shape index (κ3) is 4.23. The maximum absolute atomic E-state index is 5.06. The predicted octanol–water partition coefficient (Wildman–Crippen LogP) is 10.9. The van der Waals surface area contributed by atoms with Crippen molar-refractivity contribution in [3.05, 3.63) is 157 Å². The van der Waals surface area contributed by atoms with E-state index >= 15 is 0 Å². The van der Waals surface area contributed by atoms with Crippen LogP contribution >= 0.6 is 0 Å². The lowest BCUT2D eigenvalue weighted by atomic mass is 9.87. The number of benzene rings is 7. The van der Waals surface area contributed by atoms with Crippen LogP contribution in [0.4, 0.5) is 0 Å². The summed E-state index contributed by atoms with van der Waals surface area (Å²) in [4.78, 5) is 5.06. The molecule has 0 atom stereocenters. The minimum absolute atomic E-state index is 0.846. The van der Waals surface area contributed by atoms with Crippen molar-refractivity contribution >= 4 is 32.6 Å². The summed E-state index contributed by atoms with van der Waals surface area (Å²) in [6.45, 7) is 2.19. The molecule has 0 aliphatic heterocycles. The van der Waals surface area contributed by atoms with Gasteiger partial charge in [-0.3, -0.25) is 4.57 Å². The van der Waals surface area contributed by atoms with Crippen molar-refractivity contribution in [2.45, 2.75) is 13.3 Å². The van der Waals surface area contributed by atoms with Gasteiger partial charge < -0.3 is 0 Å². The van der Waals surface area contributed by atoms with E-state index in [-0.39, 0.29) is 0 Å². The lowest BCUT2D eigenvalue weighted by molar-refractivity contribution is 0.917. The van der Waals surface area contributed by atoms with Crippen LogP contribution in [0.15, 0.2) is 152 Å². The molecule has 0 radical (unpaired) electrons. The van der Waals surface area contributed by atoms with E-state index in [0.29, 0.717) is 0 Å². The largest absolute Gasteiger partial charge is 0.295 e. The molecule has 0 fully saturated rings. The van der Waals surface area contributed by atoms with Gasteiger partial charge in [-0.25, -0.2) is 4.98 Å². The summed E-state index contributed by atoms with van der Waals surface area (Å²) in [5.41, 5.74) is 10.7. The van der Waals surface area contributed by atoms with Crippen LogP contribution in [0.2, 0.25) is 0 Å². The number of nitrogens with zero attached hydrogens (tertiary/aromatic N) is 2. The summed E-state index contributed by atoms with van der Waals surface area (Å²) in [7, 11) is 0. The number of hydrogen-bond donors (Lipinski definition) is 0. The van der Waals surface area contributed by atoms with Crippen LogP contribution in [0.3, 0.4) is 0 Å². The van der Waals surface area contributed by atoms with Gasteiger partial charge in [-0.2, -0.15) is 0 Å². The molecule has 0 bridgehead atoms. The molecule has 1 heterocycles. The molecule has 43 heavy (non-hydrogen) atoms. The van der Waals surface area contributed by atoms with Gasteiger partial charge in [0.1, 0.15) is 5.82 Å². The van der Waals surface area contributed by atoms with Crippen LogP contribution in [0, 0.1) is 0 Å². The average molecular weight is 551 g/mol. The lowest BCUT2D eigenvalue weighted by Gasteiger charge is -2.20. The molecule has 0 aliphatic rings. The van der Waals surface area contributed by atoms with Crippen molar-refractivity contribution in [3.63, 3.8) is 0 Å². The summed E-state index contributed by atoms with van der Waals surface area (Å²) in [5.74, 6) is 1.07. The highest BCUT2D eigenvalue weighted by Crippen LogP contribution is 2.44.